The van der Waals surface area contributed by atoms with Crippen LogP contribution in [-0.2, 0) is 14.8 Å². The second-order valence-electron chi connectivity index (χ2n) is 5.93. The molecule has 0 atom stereocenters. The number of nitrogens with one attached hydrogen (secondary N) is 1. The number of benzene rings is 2. The van der Waals surface area contributed by atoms with Gasteiger partial charge in [0, 0.05) is 23.1 Å². The molecule has 0 spiro atoms. The first-order valence-corrected chi connectivity index (χ1v) is 11.6. The van der Waals surface area contributed by atoms with Gasteiger partial charge in [0.05, 0.1) is 29.1 Å². The van der Waals surface area contributed by atoms with E-state index in [9.17, 15) is 13.2 Å². The Bertz CT molecular complexity index is 970. The first-order valence-electron chi connectivity index (χ1n) is 8.18. The maximum absolute atomic E-state index is 12.2. The van der Waals surface area contributed by atoms with Gasteiger partial charge in [-0.25, -0.2) is 8.42 Å². The lowest BCUT2D eigenvalue weighted by atomic mass is 10.2. The molecule has 0 aliphatic rings. The number of ether oxygens (including phenoxy) is 1. The van der Waals surface area contributed by atoms with E-state index in [1.165, 1.54) is 17.5 Å². The van der Waals surface area contributed by atoms with Crippen LogP contribution in [0.2, 0.25) is 10.0 Å². The van der Waals surface area contributed by atoms with E-state index in [0.29, 0.717) is 33.6 Å². The van der Waals surface area contributed by atoms with Gasteiger partial charge in [0.1, 0.15) is 5.75 Å². The van der Waals surface area contributed by atoms with Gasteiger partial charge in [0.25, 0.3) is 0 Å². The lowest BCUT2D eigenvalue weighted by Crippen LogP contribution is -2.31. The summed E-state index contributed by atoms with van der Waals surface area (Å²) in [5.41, 5.74) is 0.980. The molecular weight excluding hydrogens is 491 g/mol. The van der Waals surface area contributed by atoms with Crippen LogP contribution in [0.25, 0.3) is 0 Å². The molecule has 6 nitrogen and oxygen atoms in total. The number of carbonyl (C=O) groups is 1. The number of halogens is 3. The Hall–Kier alpha value is -1.48. The van der Waals surface area contributed by atoms with E-state index < -0.39 is 10.0 Å². The number of carbonyl (C=O) groups excluding carboxylic acids is 1. The molecule has 2 rings (SSSR count). The third-order valence-corrected chi connectivity index (χ3v) is 6.51. The third-order valence-electron chi connectivity index (χ3n) is 3.79. The van der Waals surface area contributed by atoms with Crippen molar-refractivity contribution in [3.8, 4) is 5.75 Å². The third kappa shape index (κ3) is 6.27. The highest BCUT2D eigenvalue weighted by Crippen LogP contribution is 2.30. The molecule has 0 aliphatic carbocycles. The Morgan fingerprint density at radius 1 is 1.18 bits per heavy atom. The summed E-state index contributed by atoms with van der Waals surface area (Å²) in [6.07, 6.45) is 1.57. The Morgan fingerprint density at radius 2 is 1.89 bits per heavy atom. The fourth-order valence-corrected chi connectivity index (χ4v) is 4.11. The number of anilines is 2. The fourth-order valence-electron chi connectivity index (χ4n) is 2.48. The summed E-state index contributed by atoms with van der Waals surface area (Å²) >= 11 is 15.4. The maximum atomic E-state index is 12.2. The SMILES string of the molecule is COc1ccc(N(CCCC(=O)Nc2ccc(Br)c(Cl)c2)S(C)(=O)=O)cc1Cl. The summed E-state index contributed by atoms with van der Waals surface area (Å²) in [6.45, 7) is 0.135. The van der Waals surface area contributed by atoms with Crippen molar-refractivity contribution in [3.63, 3.8) is 0 Å². The molecule has 152 valence electrons. The van der Waals surface area contributed by atoms with E-state index >= 15 is 0 Å². The summed E-state index contributed by atoms with van der Waals surface area (Å²) in [5.74, 6) is 0.214. The van der Waals surface area contributed by atoms with Crippen molar-refractivity contribution in [2.45, 2.75) is 12.8 Å². The van der Waals surface area contributed by atoms with Crippen molar-refractivity contribution in [1.29, 1.82) is 0 Å². The van der Waals surface area contributed by atoms with Gasteiger partial charge in [-0.3, -0.25) is 9.10 Å². The lowest BCUT2D eigenvalue weighted by Gasteiger charge is -2.23. The van der Waals surface area contributed by atoms with Gasteiger partial charge in [0.15, 0.2) is 0 Å². The van der Waals surface area contributed by atoms with Crippen LogP contribution in [0.3, 0.4) is 0 Å². The summed E-state index contributed by atoms with van der Waals surface area (Å²) in [7, 11) is -2.06. The molecule has 28 heavy (non-hydrogen) atoms. The predicted molar refractivity (Wildman–Crippen MR) is 117 cm³/mol. The number of nitrogens with zero attached hydrogens (tertiary/aromatic N) is 1. The second-order valence-corrected chi connectivity index (χ2v) is 9.51. The van der Waals surface area contributed by atoms with Gasteiger partial charge in [-0.1, -0.05) is 23.2 Å². The average molecular weight is 510 g/mol. The van der Waals surface area contributed by atoms with Gasteiger partial charge in [-0.05, 0) is 58.7 Å². The number of rotatable bonds is 8. The van der Waals surface area contributed by atoms with E-state index in [2.05, 4.69) is 21.2 Å². The molecule has 10 heteroatoms. The summed E-state index contributed by atoms with van der Waals surface area (Å²) in [4.78, 5) is 12.1. The molecule has 1 amide bonds. The predicted octanol–water partition coefficient (Wildman–Crippen LogP) is 4.95. The molecule has 0 saturated carbocycles. The smallest absolute Gasteiger partial charge is 0.232 e. The Balaban J connectivity index is 2.01. The zero-order valence-electron chi connectivity index (χ0n) is 15.2. The molecule has 0 aromatic heterocycles. The molecule has 0 bridgehead atoms. The molecular formula is C18H19BrCl2N2O4S. The molecule has 0 radical (unpaired) electrons. The van der Waals surface area contributed by atoms with Crippen LogP contribution in [0.1, 0.15) is 12.8 Å². The Kier molecular flexibility index (Phi) is 8.00. The van der Waals surface area contributed by atoms with Gasteiger partial charge < -0.3 is 10.1 Å². The number of hydrogen-bond donors (Lipinski definition) is 1. The van der Waals surface area contributed by atoms with Gasteiger partial charge in [-0.15, -0.1) is 0 Å². The Morgan fingerprint density at radius 3 is 2.46 bits per heavy atom. The van der Waals surface area contributed by atoms with Crippen LogP contribution in [0, 0.1) is 0 Å². The zero-order chi connectivity index (χ0) is 20.9. The van der Waals surface area contributed by atoms with E-state index in [1.54, 1.807) is 30.3 Å². The van der Waals surface area contributed by atoms with E-state index in [1.807, 2.05) is 0 Å². The highest BCUT2D eigenvalue weighted by atomic mass is 79.9. The molecule has 0 saturated heterocycles. The first kappa shape index (κ1) is 22.8. The fraction of sp³-hybridized carbons (Fsp3) is 0.278. The molecule has 0 aliphatic heterocycles. The highest BCUT2D eigenvalue weighted by Gasteiger charge is 2.19. The van der Waals surface area contributed by atoms with Crippen molar-refractivity contribution in [2.24, 2.45) is 0 Å². The van der Waals surface area contributed by atoms with E-state index in [0.717, 1.165) is 10.7 Å². The maximum Gasteiger partial charge on any atom is 0.232 e. The van der Waals surface area contributed by atoms with Gasteiger partial charge in [0.2, 0.25) is 15.9 Å². The van der Waals surface area contributed by atoms with Gasteiger partial charge in [-0.2, -0.15) is 0 Å². The quantitative estimate of drug-likeness (QED) is 0.546. The number of amides is 1. The molecule has 1 N–H and O–H groups in total. The first-order chi connectivity index (χ1) is 13.1. The summed E-state index contributed by atoms with van der Waals surface area (Å²) < 4.78 is 31.4. The second kappa shape index (κ2) is 9.82. The van der Waals surface area contributed by atoms with Crippen molar-refractivity contribution in [1.82, 2.24) is 0 Å². The lowest BCUT2D eigenvalue weighted by molar-refractivity contribution is -0.116. The van der Waals surface area contributed by atoms with Crippen LogP contribution in [-0.4, -0.2) is 34.2 Å². The molecule has 2 aromatic rings. The number of hydrogen-bond acceptors (Lipinski definition) is 4. The summed E-state index contributed by atoms with van der Waals surface area (Å²) in [6, 6.07) is 9.80. The minimum Gasteiger partial charge on any atom is -0.495 e. The van der Waals surface area contributed by atoms with Crippen LogP contribution < -0.4 is 14.4 Å². The molecule has 0 heterocycles. The monoisotopic (exact) mass is 508 g/mol. The van der Waals surface area contributed by atoms with Crippen LogP contribution in [0.4, 0.5) is 11.4 Å². The van der Waals surface area contributed by atoms with Crippen LogP contribution in [0.5, 0.6) is 5.75 Å². The Labute approximate surface area is 182 Å². The largest absolute Gasteiger partial charge is 0.495 e. The zero-order valence-corrected chi connectivity index (χ0v) is 19.1. The van der Waals surface area contributed by atoms with E-state index in [-0.39, 0.29) is 18.9 Å². The normalized spacial score (nSPS) is 11.2. The molecule has 0 unspecified atom stereocenters. The molecule has 0 fully saturated rings. The topological polar surface area (TPSA) is 75.7 Å². The van der Waals surface area contributed by atoms with Crippen molar-refractivity contribution in [3.05, 3.63) is 50.9 Å². The molecule has 2 aromatic carbocycles. The minimum atomic E-state index is -3.54. The van der Waals surface area contributed by atoms with Crippen molar-refractivity contribution < 1.29 is 17.9 Å². The van der Waals surface area contributed by atoms with Gasteiger partial charge >= 0.3 is 0 Å². The summed E-state index contributed by atoms with van der Waals surface area (Å²) in [5, 5.41) is 3.52. The number of sulfonamides is 1. The average Bonchev–Trinajstić information content (AvgIpc) is 2.61. The van der Waals surface area contributed by atoms with Crippen LogP contribution >= 0.6 is 39.1 Å². The minimum absolute atomic E-state index is 0.135. The number of methoxy groups -OCH3 is 1. The van der Waals surface area contributed by atoms with Crippen LogP contribution in [0.15, 0.2) is 40.9 Å². The highest BCUT2D eigenvalue weighted by molar-refractivity contribution is 9.10. The van der Waals surface area contributed by atoms with Crippen molar-refractivity contribution >= 4 is 66.4 Å². The van der Waals surface area contributed by atoms with E-state index in [4.69, 9.17) is 27.9 Å². The standard InChI is InChI=1S/C18H19BrCl2N2O4S/c1-27-17-8-6-13(11-16(17)21)23(28(2,25)26)9-3-4-18(24)22-12-5-7-14(19)15(20)10-12/h5-8,10-11H,3-4,9H2,1-2H3,(H,22,24). The van der Waals surface area contributed by atoms with Crippen molar-refractivity contribution in [2.75, 3.05) is 29.5 Å².